The van der Waals surface area contributed by atoms with Gasteiger partial charge in [0, 0.05) is 12.1 Å². The average molecular weight is 272 g/mol. The summed E-state index contributed by atoms with van der Waals surface area (Å²) in [6.07, 6.45) is 1.12. The van der Waals surface area contributed by atoms with Crippen LogP contribution in [0.2, 0.25) is 0 Å². The molecule has 4 heteroatoms. The molecule has 1 heterocycles. The number of ether oxygens (including phenoxy) is 1. The highest BCUT2D eigenvalue weighted by molar-refractivity contribution is 5.78. The normalized spacial score (nSPS) is 10.6. The quantitative estimate of drug-likeness (QED) is 0.784. The lowest BCUT2D eigenvalue weighted by Gasteiger charge is -2.07. The molecule has 0 saturated carbocycles. The minimum absolute atomic E-state index is 0.0171. The number of aryl methyl sites for hydroxylation is 3. The third-order valence-electron chi connectivity index (χ3n) is 3.04. The molecule has 1 aromatic heterocycles. The van der Waals surface area contributed by atoms with Crippen LogP contribution in [0.4, 0.5) is 0 Å². The van der Waals surface area contributed by atoms with E-state index in [0.717, 1.165) is 17.1 Å². The average Bonchev–Trinajstić information content (AvgIpc) is 2.74. The van der Waals surface area contributed by atoms with E-state index >= 15 is 0 Å². The molecular formula is C16H20N2O2. The molecule has 2 aromatic rings. The Hall–Kier alpha value is -2.10. The standard InChI is InChI=1S/C16H20N2O2/c1-12-6-4-7-15(10-12)20-9-5-8-16(19)18-14(3)11-13(2)17-18/h4,6-7,10-11H,5,8-9H2,1-3H3. The highest BCUT2D eigenvalue weighted by Gasteiger charge is 2.09. The molecule has 0 radical (unpaired) electrons. The van der Waals surface area contributed by atoms with E-state index in [9.17, 15) is 4.79 Å². The molecule has 2 rings (SSSR count). The third kappa shape index (κ3) is 3.70. The number of nitrogens with zero attached hydrogens (tertiary/aromatic N) is 2. The van der Waals surface area contributed by atoms with Crippen LogP contribution in [0.5, 0.6) is 5.75 Å². The lowest BCUT2D eigenvalue weighted by atomic mass is 10.2. The van der Waals surface area contributed by atoms with Crippen LogP contribution in [0.25, 0.3) is 0 Å². The van der Waals surface area contributed by atoms with Gasteiger partial charge in [-0.1, -0.05) is 12.1 Å². The number of benzene rings is 1. The van der Waals surface area contributed by atoms with Crippen molar-refractivity contribution in [2.75, 3.05) is 6.61 Å². The molecule has 0 atom stereocenters. The van der Waals surface area contributed by atoms with Gasteiger partial charge in [-0.15, -0.1) is 0 Å². The van der Waals surface area contributed by atoms with E-state index in [-0.39, 0.29) is 5.91 Å². The van der Waals surface area contributed by atoms with E-state index < -0.39 is 0 Å². The van der Waals surface area contributed by atoms with Gasteiger partial charge < -0.3 is 4.74 Å². The maximum absolute atomic E-state index is 12.0. The molecule has 0 bridgehead atoms. The first-order chi connectivity index (χ1) is 9.56. The van der Waals surface area contributed by atoms with Gasteiger partial charge in [0.25, 0.3) is 0 Å². The zero-order valence-electron chi connectivity index (χ0n) is 12.2. The van der Waals surface area contributed by atoms with Crippen molar-refractivity contribution in [3.63, 3.8) is 0 Å². The first-order valence-corrected chi connectivity index (χ1v) is 6.82. The van der Waals surface area contributed by atoms with Gasteiger partial charge in [0.1, 0.15) is 5.75 Å². The Balaban J connectivity index is 1.79. The summed E-state index contributed by atoms with van der Waals surface area (Å²) in [5.74, 6) is 0.868. The summed E-state index contributed by atoms with van der Waals surface area (Å²) in [6, 6.07) is 9.81. The summed E-state index contributed by atoms with van der Waals surface area (Å²) in [5.41, 5.74) is 2.92. The summed E-state index contributed by atoms with van der Waals surface area (Å²) in [5, 5.41) is 4.18. The molecular weight excluding hydrogens is 252 g/mol. The second kappa shape index (κ2) is 6.37. The summed E-state index contributed by atoms with van der Waals surface area (Å²) in [4.78, 5) is 12.0. The van der Waals surface area contributed by atoms with Crippen molar-refractivity contribution in [2.24, 2.45) is 0 Å². The maximum atomic E-state index is 12.0. The number of hydrogen-bond donors (Lipinski definition) is 0. The van der Waals surface area contributed by atoms with Gasteiger partial charge in [-0.2, -0.15) is 5.10 Å². The fraction of sp³-hybridized carbons (Fsp3) is 0.375. The van der Waals surface area contributed by atoms with E-state index in [1.54, 1.807) is 0 Å². The van der Waals surface area contributed by atoms with E-state index in [1.807, 2.05) is 51.1 Å². The molecule has 1 aromatic carbocycles. The van der Waals surface area contributed by atoms with E-state index in [2.05, 4.69) is 5.10 Å². The Bertz CT molecular complexity index is 602. The Morgan fingerprint density at radius 2 is 2.05 bits per heavy atom. The first-order valence-electron chi connectivity index (χ1n) is 6.82. The number of hydrogen-bond acceptors (Lipinski definition) is 3. The lowest BCUT2D eigenvalue weighted by molar-refractivity contribution is 0.0874. The zero-order chi connectivity index (χ0) is 14.5. The van der Waals surface area contributed by atoms with Gasteiger partial charge in [0.2, 0.25) is 5.91 Å². The molecule has 0 N–H and O–H groups in total. The Kier molecular flexibility index (Phi) is 4.56. The summed E-state index contributed by atoms with van der Waals surface area (Å²) >= 11 is 0. The van der Waals surface area contributed by atoms with Gasteiger partial charge in [0.15, 0.2) is 0 Å². The van der Waals surface area contributed by atoms with Crippen molar-refractivity contribution in [3.8, 4) is 5.75 Å². The largest absolute Gasteiger partial charge is 0.494 e. The summed E-state index contributed by atoms with van der Waals surface area (Å²) < 4.78 is 7.10. The predicted molar refractivity (Wildman–Crippen MR) is 78.2 cm³/mol. The molecule has 0 aliphatic carbocycles. The monoisotopic (exact) mass is 272 g/mol. The van der Waals surface area contributed by atoms with Gasteiger partial charge in [-0.3, -0.25) is 4.79 Å². The molecule has 0 amide bonds. The Labute approximate surface area is 119 Å². The molecule has 0 aliphatic heterocycles. The minimum Gasteiger partial charge on any atom is -0.494 e. The van der Waals surface area contributed by atoms with Crippen LogP contribution in [-0.4, -0.2) is 22.3 Å². The van der Waals surface area contributed by atoms with Gasteiger partial charge in [0.05, 0.1) is 12.3 Å². The lowest BCUT2D eigenvalue weighted by Crippen LogP contribution is -2.15. The van der Waals surface area contributed by atoms with E-state index in [0.29, 0.717) is 19.4 Å². The number of carbonyl (C=O) groups is 1. The summed E-state index contributed by atoms with van der Waals surface area (Å²) in [6.45, 7) is 6.34. The molecule has 0 saturated heterocycles. The molecule has 0 fully saturated rings. The van der Waals surface area contributed by atoms with Crippen molar-refractivity contribution >= 4 is 5.91 Å². The van der Waals surface area contributed by atoms with Crippen LogP contribution in [-0.2, 0) is 0 Å². The fourth-order valence-electron chi connectivity index (χ4n) is 2.11. The van der Waals surface area contributed by atoms with Crippen LogP contribution in [0, 0.1) is 20.8 Å². The number of carbonyl (C=O) groups excluding carboxylic acids is 1. The molecule has 20 heavy (non-hydrogen) atoms. The highest BCUT2D eigenvalue weighted by Crippen LogP contribution is 2.13. The van der Waals surface area contributed by atoms with Crippen LogP contribution < -0.4 is 4.74 Å². The number of rotatable bonds is 5. The second-order valence-corrected chi connectivity index (χ2v) is 5.00. The van der Waals surface area contributed by atoms with Crippen molar-refractivity contribution in [2.45, 2.75) is 33.6 Å². The van der Waals surface area contributed by atoms with Crippen molar-refractivity contribution < 1.29 is 9.53 Å². The molecule has 4 nitrogen and oxygen atoms in total. The third-order valence-corrected chi connectivity index (χ3v) is 3.04. The SMILES string of the molecule is Cc1cccc(OCCCC(=O)n2nc(C)cc2C)c1. The summed E-state index contributed by atoms with van der Waals surface area (Å²) in [7, 11) is 0. The van der Waals surface area contributed by atoms with Crippen molar-refractivity contribution in [1.82, 2.24) is 9.78 Å². The van der Waals surface area contributed by atoms with Crippen molar-refractivity contribution in [1.29, 1.82) is 0 Å². The van der Waals surface area contributed by atoms with Crippen LogP contribution in [0.3, 0.4) is 0 Å². The van der Waals surface area contributed by atoms with Crippen LogP contribution in [0.15, 0.2) is 30.3 Å². The first kappa shape index (κ1) is 14.3. The predicted octanol–water partition coefficient (Wildman–Crippen LogP) is 3.31. The molecule has 0 unspecified atom stereocenters. The fourth-order valence-corrected chi connectivity index (χ4v) is 2.11. The minimum atomic E-state index is 0.0171. The Morgan fingerprint density at radius 1 is 1.25 bits per heavy atom. The van der Waals surface area contributed by atoms with Gasteiger partial charge >= 0.3 is 0 Å². The molecule has 106 valence electrons. The van der Waals surface area contributed by atoms with E-state index in [1.165, 1.54) is 10.2 Å². The Morgan fingerprint density at radius 3 is 2.70 bits per heavy atom. The topological polar surface area (TPSA) is 44.1 Å². The van der Waals surface area contributed by atoms with Gasteiger partial charge in [-0.25, -0.2) is 4.68 Å². The highest BCUT2D eigenvalue weighted by atomic mass is 16.5. The smallest absolute Gasteiger partial charge is 0.247 e. The second-order valence-electron chi connectivity index (χ2n) is 5.00. The molecule has 0 spiro atoms. The van der Waals surface area contributed by atoms with E-state index in [4.69, 9.17) is 4.74 Å². The number of aromatic nitrogens is 2. The zero-order valence-corrected chi connectivity index (χ0v) is 12.2. The van der Waals surface area contributed by atoms with Crippen LogP contribution in [0.1, 0.15) is 34.6 Å². The maximum Gasteiger partial charge on any atom is 0.247 e. The van der Waals surface area contributed by atoms with Crippen LogP contribution >= 0.6 is 0 Å². The van der Waals surface area contributed by atoms with Gasteiger partial charge in [-0.05, 0) is 51.0 Å². The molecule has 0 aliphatic rings. The van der Waals surface area contributed by atoms with Crippen molar-refractivity contribution in [3.05, 3.63) is 47.3 Å².